The lowest BCUT2D eigenvalue weighted by Gasteiger charge is -2.11. The summed E-state index contributed by atoms with van der Waals surface area (Å²) in [7, 11) is 0. The van der Waals surface area contributed by atoms with Crippen LogP contribution in [0.4, 0.5) is 0 Å². The van der Waals surface area contributed by atoms with Crippen molar-refractivity contribution in [2.75, 3.05) is 0 Å². The number of carboxylic acids is 1. The van der Waals surface area contributed by atoms with Crippen molar-refractivity contribution in [2.45, 2.75) is 20.4 Å². The van der Waals surface area contributed by atoms with Crippen LogP contribution in [0.3, 0.4) is 0 Å². The molecule has 0 aliphatic carbocycles. The topological polar surface area (TPSA) is 59.3 Å². The summed E-state index contributed by atoms with van der Waals surface area (Å²) in [5.41, 5.74) is 0.659. The van der Waals surface area contributed by atoms with Crippen LogP contribution in [-0.2, 0) is 6.54 Å². The molecular weight excluding hydrogens is 330 g/mol. The van der Waals surface area contributed by atoms with Gasteiger partial charge in [-0.3, -0.25) is 4.79 Å². The highest BCUT2D eigenvalue weighted by Crippen LogP contribution is 2.23. The van der Waals surface area contributed by atoms with E-state index in [9.17, 15) is 9.59 Å². The van der Waals surface area contributed by atoms with Crippen LogP contribution in [0.5, 0.6) is 0 Å². The van der Waals surface area contributed by atoms with Crippen LogP contribution in [0.1, 0.15) is 26.5 Å². The predicted octanol–water partition coefficient (Wildman–Crippen LogP) is 3.04. The molecule has 2 rings (SSSR count). The van der Waals surface area contributed by atoms with Gasteiger partial charge in [-0.2, -0.15) is 0 Å². The zero-order chi connectivity index (χ0) is 14.2. The standard InChI is InChI=1S/C13H12BrNO3S/c1-7-5-8(2)15(12(16)11(7)13(17)18)6-9-3-4-10(14)19-9/h3-5H,6H2,1-2H3,(H,17,18). The van der Waals surface area contributed by atoms with Gasteiger partial charge in [0.15, 0.2) is 0 Å². The largest absolute Gasteiger partial charge is 0.477 e. The van der Waals surface area contributed by atoms with Crippen LogP contribution in [0.25, 0.3) is 0 Å². The first kappa shape index (κ1) is 14.0. The number of carbonyl (C=O) groups is 1. The summed E-state index contributed by atoms with van der Waals surface area (Å²) in [4.78, 5) is 24.4. The molecule has 2 aromatic rings. The highest BCUT2D eigenvalue weighted by Gasteiger charge is 2.16. The van der Waals surface area contributed by atoms with Crippen molar-refractivity contribution in [3.8, 4) is 0 Å². The molecule has 2 heterocycles. The second kappa shape index (κ2) is 5.30. The number of hydrogen-bond acceptors (Lipinski definition) is 3. The van der Waals surface area contributed by atoms with Gasteiger partial charge in [-0.15, -0.1) is 11.3 Å². The second-order valence-electron chi connectivity index (χ2n) is 4.25. The lowest BCUT2D eigenvalue weighted by molar-refractivity contribution is 0.0693. The maximum atomic E-state index is 12.2. The van der Waals surface area contributed by atoms with Gasteiger partial charge in [0.1, 0.15) is 5.56 Å². The number of thiophene rings is 1. The minimum absolute atomic E-state index is 0.152. The molecule has 1 N–H and O–H groups in total. The number of hydrogen-bond donors (Lipinski definition) is 1. The maximum Gasteiger partial charge on any atom is 0.341 e. The van der Waals surface area contributed by atoms with Crippen molar-refractivity contribution in [3.05, 3.63) is 54.0 Å². The average Bonchev–Trinajstić information content (AvgIpc) is 2.69. The first-order valence-electron chi connectivity index (χ1n) is 5.58. The number of aromatic carboxylic acids is 1. The Labute approximate surface area is 122 Å². The number of carboxylic acid groups (broad SMARTS) is 1. The van der Waals surface area contributed by atoms with E-state index in [-0.39, 0.29) is 5.56 Å². The van der Waals surface area contributed by atoms with Crippen LogP contribution >= 0.6 is 27.3 Å². The lowest BCUT2D eigenvalue weighted by atomic mass is 10.1. The van der Waals surface area contributed by atoms with Crippen LogP contribution in [0, 0.1) is 13.8 Å². The van der Waals surface area contributed by atoms with Crippen molar-refractivity contribution >= 4 is 33.2 Å². The van der Waals surface area contributed by atoms with Crippen LogP contribution in [0.15, 0.2) is 26.8 Å². The normalized spacial score (nSPS) is 10.7. The van der Waals surface area contributed by atoms with Gasteiger partial charge in [-0.05, 0) is 53.5 Å². The summed E-state index contributed by atoms with van der Waals surface area (Å²) in [6, 6.07) is 5.56. The molecule has 0 atom stereocenters. The minimum atomic E-state index is -1.18. The van der Waals surface area contributed by atoms with E-state index < -0.39 is 11.5 Å². The zero-order valence-electron chi connectivity index (χ0n) is 10.4. The quantitative estimate of drug-likeness (QED) is 0.933. The zero-order valence-corrected chi connectivity index (χ0v) is 12.8. The first-order valence-corrected chi connectivity index (χ1v) is 7.19. The van der Waals surface area contributed by atoms with Crippen molar-refractivity contribution in [1.29, 1.82) is 0 Å². The van der Waals surface area contributed by atoms with Crippen molar-refractivity contribution in [1.82, 2.24) is 4.57 Å². The van der Waals surface area contributed by atoms with E-state index in [1.807, 2.05) is 19.1 Å². The van der Waals surface area contributed by atoms with E-state index in [0.29, 0.717) is 12.1 Å². The van der Waals surface area contributed by atoms with Gasteiger partial charge < -0.3 is 9.67 Å². The summed E-state index contributed by atoms with van der Waals surface area (Å²) < 4.78 is 2.48. The fourth-order valence-corrected chi connectivity index (χ4v) is 3.45. The summed E-state index contributed by atoms with van der Waals surface area (Å²) in [6.07, 6.45) is 0. The molecule has 0 aromatic carbocycles. The third-order valence-corrected chi connectivity index (χ3v) is 4.47. The van der Waals surface area contributed by atoms with Gasteiger partial charge in [0.25, 0.3) is 5.56 Å². The van der Waals surface area contributed by atoms with E-state index in [1.54, 1.807) is 13.0 Å². The monoisotopic (exact) mass is 341 g/mol. The van der Waals surface area contributed by atoms with Gasteiger partial charge in [0, 0.05) is 10.6 Å². The molecule has 0 radical (unpaired) electrons. The number of pyridine rings is 1. The van der Waals surface area contributed by atoms with Gasteiger partial charge in [-0.1, -0.05) is 0 Å². The molecular formula is C13H12BrNO3S. The Morgan fingerprint density at radius 2 is 2.11 bits per heavy atom. The van der Waals surface area contributed by atoms with Gasteiger partial charge in [-0.25, -0.2) is 4.79 Å². The fraction of sp³-hybridized carbons (Fsp3) is 0.231. The van der Waals surface area contributed by atoms with Crippen molar-refractivity contribution in [3.63, 3.8) is 0 Å². The van der Waals surface area contributed by atoms with Crippen LogP contribution < -0.4 is 5.56 Å². The Morgan fingerprint density at radius 3 is 2.63 bits per heavy atom. The molecule has 0 saturated carbocycles. The second-order valence-corrected chi connectivity index (χ2v) is 6.79. The number of nitrogens with zero attached hydrogens (tertiary/aromatic N) is 1. The molecule has 100 valence electrons. The molecule has 0 spiro atoms. The Morgan fingerprint density at radius 1 is 1.42 bits per heavy atom. The fourth-order valence-electron chi connectivity index (χ4n) is 1.98. The van der Waals surface area contributed by atoms with E-state index >= 15 is 0 Å². The minimum Gasteiger partial charge on any atom is -0.477 e. The van der Waals surface area contributed by atoms with Gasteiger partial charge in [0.05, 0.1) is 10.3 Å². The molecule has 0 fully saturated rings. The Bertz CT molecular complexity index is 702. The highest BCUT2D eigenvalue weighted by molar-refractivity contribution is 9.11. The molecule has 6 heteroatoms. The number of halogens is 1. The van der Waals surface area contributed by atoms with Crippen LogP contribution in [-0.4, -0.2) is 15.6 Å². The smallest absolute Gasteiger partial charge is 0.341 e. The molecule has 0 unspecified atom stereocenters. The Kier molecular flexibility index (Phi) is 3.91. The first-order chi connectivity index (χ1) is 8.90. The summed E-state index contributed by atoms with van der Waals surface area (Å²) >= 11 is 4.90. The van der Waals surface area contributed by atoms with Crippen molar-refractivity contribution in [2.24, 2.45) is 0 Å². The third-order valence-electron chi connectivity index (χ3n) is 2.86. The molecule has 19 heavy (non-hydrogen) atoms. The summed E-state index contributed by atoms with van der Waals surface area (Å²) in [5.74, 6) is -1.18. The highest BCUT2D eigenvalue weighted by atomic mass is 79.9. The molecule has 0 saturated heterocycles. The van der Waals surface area contributed by atoms with E-state index in [2.05, 4.69) is 15.9 Å². The summed E-state index contributed by atoms with van der Waals surface area (Å²) in [6.45, 7) is 3.84. The van der Waals surface area contributed by atoms with E-state index in [1.165, 1.54) is 15.9 Å². The lowest BCUT2D eigenvalue weighted by Crippen LogP contribution is -2.29. The third kappa shape index (κ3) is 2.79. The SMILES string of the molecule is Cc1cc(C)n(Cc2ccc(Br)s2)c(=O)c1C(=O)O. The van der Waals surface area contributed by atoms with Gasteiger partial charge in [0.2, 0.25) is 0 Å². The molecule has 0 amide bonds. The van der Waals surface area contributed by atoms with E-state index in [0.717, 1.165) is 14.4 Å². The summed E-state index contributed by atoms with van der Waals surface area (Å²) in [5, 5.41) is 9.11. The average molecular weight is 342 g/mol. The Hall–Kier alpha value is -1.40. The number of aryl methyl sites for hydroxylation is 2. The molecule has 2 aromatic heterocycles. The molecule has 0 aliphatic heterocycles. The van der Waals surface area contributed by atoms with Gasteiger partial charge >= 0.3 is 5.97 Å². The van der Waals surface area contributed by atoms with Crippen LogP contribution in [0.2, 0.25) is 0 Å². The maximum absolute atomic E-state index is 12.2. The molecule has 4 nitrogen and oxygen atoms in total. The number of aromatic nitrogens is 1. The molecule has 0 bridgehead atoms. The van der Waals surface area contributed by atoms with Crippen molar-refractivity contribution < 1.29 is 9.90 Å². The Balaban J connectivity index is 2.54. The number of rotatable bonds is 3. The predicted molar refractivity (Wildman–Crippen MR) is 78.3 cm³/mol. The molecule has 0 aliphatic rings. The van der Waals surface area contributed by atoms with E-state index in [4.69, 9.17) is 5.11 Å².